The normalized spacial score (nSPS) is 19.8. The molecule has 3 heterocycles. The van der Waals surface area contributed by atoms with Crippen molar-refractivity contribution in [3.05, 3.63) is 53.1 Å². The van der Waals surface area contributed by atoms with Crippen LogP contribution in [0.1, 0.15) is 53.7 Å². The molecule has 1 aromatic heterocycles. The fourth-order valence-corrected chi connectivity index (χ4v) is 4.36. The number of carbonyl (C=O) groups excluding carboxylic acids is 1. The highest BCUT2D eigenvalue weighted by Gasteiger charge is 2.42. The van der Waals surface area contributed by atoms with Gasteiger partial charge in [0, 0.05) is 56.5 Å². The summed E-state index contributed by atoms with van der Waals surface area (Å²) < 4.78 is 61.0. The second-order valence-corrected chi connectivity index (χ2v) is 8.67. The Hall–Kier alpha value is -2.72. The second kappa shape index (κ2) is 9.87. The lowest BCUT2D eigenvalue weighted by Crippen LogP contribution is -2.54. The summed E-state index contributed by atoms with van der Waals surface area (Å²) in [7, 11) is 1.93. The number of halogens is 4. The number of hydrogen-bond donors (Lipinski definition) is 1. The number of ether oxygens (including phenoxy) is 2. The van der Waals surface area contributed by atoms with E-state index in [1.165, 1.54) is 19.3 Å². The van der Waals surface area contributed by atoms with Gasteiger partial charge in [0.05, 0.1) is 12.2 Å². The van der Waals surface area contributed by atoms with E-state index >= 15 is 0 Å². The molecule has 10 heteroatoms. The van der Waals surface area contributed by atoms with Crippen LogP contribution in [0.25, 0.3) is 0 Å². The number of piperidine rings is 1. The molecule has 184 valence electrons. The van der Waals surface area contributed by atoms with E-state index in [9.17, 15) is 22.4 Å². The van der Waals surface area contributed by atoms with Gasteiger partial charge in [0.1, 0.15) is 5.75 Å². The Labute approximate surface area is 195 Å². The van der Waals surface area contributed by atoms with Crippen LogP contribution in [0.4, 0.5) is 23.2 Å². The summed E-state index contributed by atoms with van der Waals surface area (Å²) in [5.41, 5.74) is -0.0648. The van der Waals surface area contributed by atoms with Gasteiger partial charge < -0.3 is 14.8 Å². The molecule has 2 aliphatic heterocycles. The molecule has 1 aliphatic carbocycles. The van der Waals surface area contributed by atoms with Crippen LogP contribution in [0.3, 0.4) is 0 Å². The van der Waals surface area contributed by atoms with Gasteiger partial charge in [-0.3, -0.25) is 9.69 Å². The van der Waals surface area contributed by atoms with E-state index in [1.54, 1.807) is 0 Å². The second-order valence-electron chi connectivity index (χ2n) is 8.67. The number of likely N-dealkylation sites (tertiary alicyclic amines) is 1. The average molecular weight is 481 g/mol. The molecular formula is C24H27F4N3O3. The molecule has 5 rings (SSSR count). The van der Waals surface area contributed by atoms with Crippen LogP contribution >= 0.6 is 0 Å². The summed E-state index contributed by atoms with van der Waals surface area (Å²) in [4.78, 5) is 15.5. The highest BCUT2D eigenvalue weighted by molar-refractivity contribution is 5.75. The van der Waals surface area contributed by atoms with Gasteiger partial charge in [-0.05, 0) is 37.1 Å². The van der Waals surface area contributed by atoms with Crippen molar-refractivity contribution in [2.75, 3.05) is 25.5 Å². The number of fused-ring (bicyclic) bond motifs is 1. The zero-order valence-corrected chi connectivity index (χ0v) is 18.8. The Morgan fingerprint density at radius 3 is 2.53 bits per heavy atom. The van der Waals surface area contributed by atoms with E-state index in [0.717, 1.165) is 61.2 Å². The van der Waals surface area contributed by atoms with Gasteiger partial charge >= 0.3 is 6.18 Å². The largest absolute Gasteiger partial charge is 0.462 e. The van der Waals surface area contributed by atoms with Crippen molar-refractivity contribution in [1.29, 1.82) is 0 Å². The molecule has 6 nitrogen and oxygen atoms in total. The zero-order valence-electron chi connectivity index (χ0n) is 18.8. The Morgan fingerprint density at radius 1 is 1.21 bits per heavy atom. The molecule has 2 fully saturated rings. The van der Waals surface area contributed by atoms with E-state index < -0.39 is 23.3 Å². The first kappa shape index (κ1) is 24.4. The van der Waals surface area contributed by atoms with Crippen molar-refractivity contribution in [2.24, 2.45) is 0 Å². The summed E-state index contributed by atoms with van der Waals surface area (Å²) in [5.74, 6) is -1.02. The number of aldehydes is 1. The summed E-state index contributed by atoms with van der Waals surface area (Å²) in [6.07, 6.45) is 1.99. The molecule has 2 aromatic rings. The lowest BCUT2D eigenvalue weighted by molar-refractivity contribution is -0.231. The van der Waals surface area contributed by atoms with Gasteiger partial charge in [0.2, 0.25) is 5.79 Å². The summed E-state index contributed by atoms with van der Waals surface area (Å²) in [5, 5.41) is 3.16. The molecule has 1 spiro atoms. The van der Waals surface area contributed by atoms with Gasteiger partial charge in [0.15, 0.2) is 17.8 Å². The van der Waals surface area contributed by atoms with Crippen LogP contribution in [0.15, 0.2) is 30.5 Å². The molecule has 1 N–H and O–H groups in total. The molecule has 0 bridgehead atoms. The van der Waals surface area contributed by atoms with Gasteiger partial charge in [-0.2, -0.15) is 13.2 Å². The summed E-state index contributed by atoms with van der Waals surface area (Å²) in [6.45, 7) is 2.87. The average Bonchev–Trinajstić information content (AvgIpc) is 2.79. The minimum atomic E-state index is -4.87. The first-order chi connectivity index (χ1) is 16.2. The molecule has 0 unspecified atom stereocenters. The maximum absolute atomic E-state index is 12.8. The molecule has 0 atom stereocenters. The van der Waals surface area contributed by atoms with Gasteiger partial charge in [-0.1, -0.05) is 6.42 Å². The number of anilines is 1. The van der Waals surface area contributed by atoms with Gasteiger partial charge in [-0.25, -0.2) is 9.37 Å². The standard InChI is InChI=1S/C17H24N2O2.C7H3F4NO/c1-18-14-5-6-16-13(11-14)12-20-17(21-16)7-9-19(10-8-17)15-3-2-4-15;8-5-4(3-13)1-2-12-6(5)7(9,10)11/h5-6,11,15,18H,2-4,7-10,12H2,1H3;1-3H. The first-order valence-corrected chi connectivity index (χ1v) is 11.3. The van der Waals surface area contributed by atoms with Gasteiger partial charge in [-0.15, -0.1) is 0 Å². The number of rotatable bonds is 3. The number of alkyl halides is 3. The number of benzene rings is 1. The predicted octanol–water partition coefficient (Wildman–Crippen LogP) is 5.03. The van der Waals surface area contributed by atoms with E-state index in [0.29, 0.717) is 6.61 Å². The van der Waals surface area contributed by atoms with E-state index in [-0.39, 0.29) is 12.1 Å². The van der Waals surface area contributed by atoms with Crippen LogP contribution in [0, 0.1) is 5.82 Å². The fraction of sp³-hybridized carbons (Fsp3) is 0.500. The minimum absolute atomic E-state index is 0.00620. The van der Waals surface area contributed by atoms with Crippen molar-refractivity contribution in [3.8, 4) is 5.75 Å². The molecule has 0 radical (unpaired) electrons. The maximum atomic E-state index is 12.8. The number of nitrogens with one attached hydrogen (secondary N) is 1. The Morgan fingerprint density at radius 2 is 1.94 bits per heavy atom. The van der Waals surface area contributed by atoms with E-state index in [1.807, 2.05) is 7.05 Å². The smallest absolute Gasteiger partial charge is 0.436 e. The molecule has 3 aliphatic rings. The zero-order chi connectivity index (χ0) is 24.3. The first-order valence-electron chi connectivity index (χ1n) is 11.3. The predicted molar refractivity (Wildman–Crippen MR) is 117 cm³/mol. The highest BCUT2D eigenvalue weighted by Crippen LogP contribution is 2.40. The van der Waals surface area contributed by atoms with E-state index in [2.05, 4.69) is 33.4 Å². The molecular weight excluding hydrogens is 454 g/mol. The Bertz CT molecular complexity index is 1020. The summed E-state index contributed by atoms with van der Waals surface area (Å²) >= 11 is 0. The third kappa shape index (κ3) is 5.17. The third-order valence-corrected chi connectivity index (χ3v) is 6.60. The molecule has 0 amide bonds. The van der Waals surface area contributed by atoms with Crippen LogP contribution in [0.5, 0.6) is 5.75 Å². The van der Waals surface area contributed by atoms with E-state index in [4.69, 9.17) is 9.47 Å². The lowest BCUT2D eigenvalue weighted by Gasteiger charge is -2.47. The van der Waals surface area contributed by atoms with Crippen molar-refractivity contribution >= 4 is 12.0 Å². The van der Waals surface area contributed by atoms with Crippen molar-refractivity contribution in [3.63, 3.8) is 0 Å². The highest BCUT2D eigenvalue weighted by atomic mass is 19.4. The number of hydrogen-bond acceptors (Lipinski definition) is 6. The number of pyridine rings is 1. The van der Waals surface area contributed by atoms with Crippen LogP contribution in [-0.2, 0) is 17.5 Å². The number of carbonyl (C=O) groups is 1. The Kier molecular flexibility index (Phi) is 7.09. The van der Waals surface area contributed by atoms with Crippen molar-refractivity contribution in [2.45, 2.75) is 56.7 Å². The quantitative estimate of drug-likeness (QED) is 0.490. The SMILES string of the molecule is CNc1ccc2c(c1)COC1(CCN(C3CCC3)CC1)O2.O=Cc1ccnc(C(F)(F)F)c1F. The van der Waals surface area contributed by atoms with Crippen LogP contribution in [-0.4, -0.2) is 48.1 Å². The lowest BCUT2D eigenvalue weighted by atomic mass is 9.89. The Balaban J connectivity index is 0.000000182. The van der Waals surface area contributed by atoms with Gasteiger partial charge in [0.25, 0.3) is 0 Å². The molecule has 1 saturated carbocycles. The number of aromatic nitrogens is 1. The maximum Gasteiger partial charge on any atom is 0.436 e. The van der Waals surface area contributed by atoms with Crippen LogP contribution < -0.4 is 10.1 Å². The van der Waals surface area contributed by atoms with Crippen LogP contribution in [0.2, 0.25) is 0 Å². The number of nitrogens with zero attached hydrogens (tertiary/aromatic N) is 2. The minimum Gasteiger partial charge on any atom is -0.462 e. The summed E-state index contributed by atoms with van der Waals surface area (Å²) in [6, 6.07) is 7.96. The molecule has 1 aromatic carbocycles. The third-order valence-electron chi connectivity index (χ3n) is 6.60. The van der Waals surface area contributed by atoms with Crippen molar-refractivity contribution < 1.29 is 31.8 Å². The van der Waals surface area contributed by atoms with Crippen molar-refractivity contribution in [1.82, 2.24) is 9.88 Å². The monoisotopic (exact) mass is 481 g/mol. The fourth-order valence-electron chi connectivity index (χ4n) is 4.36. The molecule has 34 heavy (non-hydrogen) atoms. The topological polar surface area (TPSA) is 63.7 Å². The molecule has 1 saturated heterocycles.